The summed E-state index contributed by atoms with van der Waals surface area (Å²) in [5, 5.41) is 2.39. The summed E-state index contributed by atoms with van der Waals surface area (Å²) in [6.07, 6.45) is -9.16. The number of amides is 2. The fourth-order valence-corrected chi connectivity index (χ4v) is 3.83. The van der Waals surface area contributed by atoms with Crippen molar-refractivity contribution in [3.8, 4) is 16.9 Å². The Morgan fingerprint density at radius 3 is 2.33 bits per heavy atom. The van der Waals surface area contributed by atoms with Crippen LogP contribution in [-0.2, 0) is 9.59 Å². The predicted octanol–water partition coefficient (Wildman–Crippen LogP) is 5.79. The zero-order chi connectivity index (χ0) is 24.4. The predicted molar refractivity (Wildman–Crippen MR) is 108 cm³/mol. The van der Waals surface area contributed by atoms with E-state index in [1.54, 1.807) is 0 Å². The van der Waals surface area contributed by atoms with Crippen LogP contribution < -0.4 is 10.1 Å². The van der Waals surface area contributed by atoms with Crippen molar-refractivity contribution < 1.29 is 40.7 Å². The molecule has 1 fully saturated rings. The SMILES string of the molecule is O=C(Nc1ccc(-c2ccccc2OC(F)(F)F)c(Cl)c1)[C@H]1CCCCN1C(=O)C(F)(F)F. The number of hydrogen-bond acceptors (Lipinski definition) is 3. The Bertz CT molecular complexity index is 1040. The highest BCUT2D eigenvalue weighted by atomic mass is 35.5. The van der Waals surface area contributed by atoms with Crippen LogP contribution in [0, 0.1) is 0 Å². The summed E-state index contributed by atoms with van der Waals surface area (Å²) in [7, 11) is 0. The fourth-order valence-electron chi connectivity index (χ4n) is 3.55. The van der Waals surface area contributed by atoms with Crippen LogP contribution in [0.1, 0.15) is 19.3 Å². The van der Waals surface area contributed by atoms with E-state index >= 15 is 0 Å². The number of nitrogens with zero attached hydrogens (tertiary/aromatic N) is 1. The molecular formula is C21H17ClF6N2O3. The Balaban J connectivity index is 1.81. The van der Waals surface area contributed by atoms with Gasteiger partial charge in [0.25, 0.3) is 0 Å². The second-order valence-electron chi connectivity index (χ2n) is 7.24. The van der Waals surface area contributed by atoms with E-state index in [1.165, 1.54) is 36.4 Å². The Hall–Kier alpha value is -2.95. The molecule has 1 atom stereocenters. The third-order valence-electron chi connectivity index (χ3n) is 4.95. The van der Waals surface area contributed by atoms with E-state index in [4.69, 9.17) is 11.6 Å². The normalized spacial score (nSPS) is 16.9. The Morgan fingerprint density at radius 2 is 1.70 bits per heavy atom. The molecule has 5 nitrogen and oxygen atoms in total. The van der Waals surface area contributed by atoms with Crippen molar-refractivity contribution >= 4 is 29.1 Å². The molecule has 178 valence electrons. The first-order chi connectivity index (χ1) is 15.4. The molecule has 1 heterocycles. The van der Waals surface area contributed by atoms with Crippen molar-refractivity contribution in [3.63, 3.8) is 0 Å². The van der Waals surface area contributed by atoms with Crippen molar-refractivity contribution in [2.75, 3.05) is 11.9 Å². The Kier molecular flexibility index (Phi) is 7.11. The molecule has 0 saturated carbocycles. The fraction of sp³-hybridized carbons (Fsp3) is 0.333. The standard InChI is InChI=1S/C21H17ClF6N2O3/c22-15-11-12(8-9-13(15)14-5-1-2-7-17(14)33-21(26,27)28)29-18(31)16-6-3-4-10-30(16)19(32)20(23,24)25/h1-2,5,7-9,11,16H,3-4,6,10H2,(H,29,31)/t16-/m1/s1. The molecule has 12 heteroatoms. The van der Waals surface area contributed by atoms with Gasteiger partial charge in [0.1, 0.15) is 11.8 Å². The summed E-state index contributed by atoms with van der Waals surface area (Å²) in [6.45, 7) is -0.202. The van der Waals surface area contributed by atoms with Crippen LogP contribution in [0.2, 0.25) is 5.02 Å². The highest BCUT2D eigenvalue weighted by Crippen LogP contribution is 2.38. The van der Waals surface area contributed by atoms with Gasteiger partial charge in [0.2, 0.25) is 5.91 Å². The van der Waals surface area contributed by atoms with E-state index in [1.807, 2.05) is 0 Å². The number of anilines is 1. The lowest BCUT2D eigenvalue weighted by Crippen LogP contribution is -2.53. The third kappa shape index (κ3) is 6.10. The molecule has 3 rings (SSSR count). The molecule has 0 spiro atoms. The third-order valence-corrected chi connectivity index (χ3v) is 5.26. The van der Waals surface area contributed by atoms with Gasteiger partial charge in [0.05, 0.1) is 5.02 Å². The quantitative estimate of drug-likeness (QED) is 0.548. The van der Waals surface area contributed by atoms with Gasteiger partial charge in [-0.05, 0) is 37.5 Å². The Morgan fingerprint density at radius 1 is 1.00 bits per heavy atom. The molecule has 1 aliphatic heterocycles. The van der Waals surface area contributed by atoms with Gasteiger partial charge >= 0.3 is 18.4 Å². The molecule has 1 N–H and O–H groups in total. The lowest BCUT2D eigenvalue weighted by Gasteiger charge is -2.35. The van der Waals surface area contributed by atoms with E-state index in [2.05, 4.69) is 10.1 Å². The molecule has 0 aliphatic carbocycles. The zero-order valence-corrected chi connectivity index (χ0v) is 17.5. The van der Waals surface area contributed by atoms with Gasteiger partial charge in [-0.2, -0.15) is 13.2 Å². The van der Waals surface area contributed by atoms with Crippen LogP contribution in [0.3, 0.4) is 0 Å². The zero-order valence-electron chi connectivity index (χ0n) is 16.8. The average molecular weight is 495 g/mol. The number of carbonyl (C=O) groups is 2. The molecule has 33 heavy (non-hydrogen) atoms. The van der Waals surface area contributed by atoms with Gasteiger partial charge in [-0.1, -0.05) is 35.9 Å². The molecule has 1 aliphatic rings. The summed E-state index contributed by atoms with van der Waals surface area (Å²) in [5.74, 6) is -3.39. The summed E-state index contributed by atoms with van der Waals surface area (Å²) in [4.78, 5) is 24.8. The lowest BCUT2D eigenvalue weighted by molar-refractivity contribution is -0.274. The number of ether oxygens (including phenoxy) is 1. The number of piperidine rings is 1. The first-order valence-electron chi connectivity index (χ1n) is 9.70. The van der Waals surface area contributed by atoms with E-state index in [-0.39, 0.29) is 34.8 Å². The summed E-state index contributed by atoms with van der Waals surface area (Å²) in [5.41, 5.74) is 0.334. The average Bonchev–Trinajstić information content (AvgIpc) is 2.72. The van der Waals surface area contributed by atoms with E-state index in [9.17, 15) is 35.9 Å². The minimum Gasteiger partial charge on any atom is -0.405 e. The van der Waals surface area contributed by atoms with Crippen LogP contribution in [0.4, 0.5) is 32.0 Å². The van der Waals surface area contributed by atoms with Crippen molar-refractivity contribution in [2.45, 2.75) is 37.8 Å². The van der Waals surface area contributed by atoms with Gasteiger partial charge in [-0.25, -0.2) is 0 Å². The maximum absolute atomic E-state index is 12.9. The highest BCUT2D eigenvalue weighted by molar-refractivity contribution is 6.33. The number of hydrogen-bond donors (Lipinski definition) is 1. The molecule has 0 bridgehead atoms. The van der Waals surface area contributed by atoms with Crippen molar-refractivity contribution in [2.24, 2.45) is 0 Å². The molecule has 0 radical (unpaired) electrons. The first-order valence-corrected chi connectivity index (χ1v) is 10.1. The largest absolute Gasteiger partial charge is 0.573 e. The minimum atomic E-state index is -5.10. The maximum Gasteiger partial charge on any atom is 0.573 e. The summed E-state index contributed by atoms with van der Waals surface area (Å²) >= 11 is 6.21. The molecular weight excluding hydrogens is 478 g/mol. The van der Waals surface area contributed by atoms with Crippen molar-refractivity contribution in [3.05, 3.63) is 47.5 Å². The summed E-state index contributed by atoms with van der Waals surface area (Å²) in [6, 6.07) is 7.93. The van der Waals surface area contributed by atoms with Gasteiger partial charge < -0.3 is 15.0 Å². The molecule has 0 unspecified atom stereocenters. The van der Waals surface area contributed by atoms with Crippen LogP contribution in [0.25, 0.3) is 11.1 Å². The number of carbonyl (C=O) groups excluding carboxylic acids is 2. The monoisotopic (exact) mass is 494 g/mol. The minimum absolute atomic E-state index is 0.0297. The summed E-state index contributed by atoms with van der Waals surface area (Å²) < 4.78 is 80.7. The topological polar surface area (TPSA) is 58.6 Å². The van der Waals surface area contributed by atoms with Crippen LogP contribution in [-0.4, -0.2) is 41.8 Å². The molecule has 2 amide bonds. The molecule has 1 saturated heterocycles. The van der Waals surface area contributed by atoms with Gasteiger partial charge in [-0.15, -0.1) is 13.2 Å². The van der Waals surface area contributed by atoms with Crippen LogP contribution >= 0.6 is 11.6 Å². The van der Waals surface area contributed by atoms with Crippen LogP contribution in [0.15, 0.2) is 42.5 Å². The van der Waals surface area contributed by atoms with E-state index in [0.717, 1.165) is 6.07 Å². The van der Waals surface area contributed by atoms with Crippen LogP contribution in [0.5, 0.6) is 5.75 Å². The van der Waals surface area contributed by atoms with Gasteiger partial charge in [0.15, 0.2) is 0 Å². The smallest absolute Gasteiger partial charge is 0.405 e. The lowest BCUT2D eigenvalue weighted by atomic mass is 10.0. The molecule has 2 aromatic rings. The van der Waals surface area contributed by atoms with Gasteiger partial charge in [-0.3, -0.25) is 9.59 Å². The van der Waals surface area contributed by atoms with Crippen molar-refractivity contribution in [1.82, 2.24) is 4.90 Å². The number of para-hydroxylation sites is 1. The number of likely N-dealkylation sites (tertiary alicyclic amines) is 1. The number of alkyl halides is 6. The Labute approximate surface area is 189 Å². The first kappa shape index (κ1) is 24.7. The number of rotatable bonds is 4. The van der Waals surface area contributed by atoms with E-state index < -0.39 is 36.1 Å². The second kappa shape index (κ2) is 9.50. The number of benzene rings is 2. The molecule has 0 aromatic heterocycles. The maximum atomic E-state index is 12.9. The number of halogens is 7. The highest BCUT2D eigenvalue weighted by Gasteiger charge is 2.46. The van der Waals surface area contributed by atoms with E-state index in [0.29, 0.717) is 17.7 Å². The van der Waals surface area contributed by atoms with Crippen molar-refractivity contribution in [1.29, 1.82) is 0 Å². The molecule has 2 aromatic carbocycles. The second-order valence-corrected chi connectivity index (χ2v) is 7.64. The number of nitrogens with one attached hydrogen (secondary N) is 1. The van der Waals surface area contributed by atoms with Gasteiger partial charge in [0, 0.05) is 23.4 Å².